The molecule has 2 aromatic carbocycles. The molecule has 29 heavy (non-hydrogen) atoms. The van der Waals surface area contributed by atoms with Crippen LogP contribution in [0.4, 0.5) is 5.82 Å². The van der Waals surface area contributed by atoms with Crippen molar-refractivity contribution in [2.45, 2.75) is 13.5 Å². The van der Waals surface area contributed by atoms with Crippen LogP contribution < -0.4 is 14.8 Å². The average molecular weight is 412 g/mol. The lowest BCUT2D eigenvalue weighted by Crippen LogP contribution is -2.05. The summed E-state index contributed by atoms with van der Waals surface area (Å²) < 4.78 is 15.7. The first-order valence-corrected chi connectivity index (χ1v) is 9.44. The number of hydrogen-bond donors (Lipinski definition) is 1. The van der Waals surface area contributed by atoms with Gasteiger partial charge in [-0.25, -0.2) is 14.8 Å². The highest BCUT2D eigenvalue weighted by atomic mass is 35.5. The fraction of sp³-hybridized carbons (Fsp3) is 0.190. The number of fused-ring (bicyclic) bond motifs is 2. The summed E-state index contributed by atoms with van der Waals surface area (Å²) in [4.78, 5) is 20.6. The molecule has 1 aromatic heterocycles. The lowest BCUT2D eigenvalue weighted by molar-refractivity contribution is -0.137. The van der Waals surface area contributed by atoms with Crippen molar-refractivity contribution in [2.75, 3.05) is 18.7 Å². The summed E-state index contributed by atoms with van der Waals surface area (Å²) in [7, 11) is 0. The van der Waals surface area contributed by atoms with E-state index in [1.165, 1.54) is 12.2 Å². The molecule has 4 rings (SSSR count). The van der Waals surface area contributed by atoms with E-state index in [4.69, 9.17) is 25.8 Å². The number of nitrogens with one attached hydrogen (secondary N) is 1. The minimum Gasteiger partial charge on any atom is -0.463 e. The maximum absolute atomic E-state index is 11.6. The summed E-state index contributed by atoms with van der Waals surface area (Å²) in [5, 5.41) is 4.69. The lowest BCUT2D eigenvalue weighted by Gasteiger charge is -2.11. The van der Waals surface area contributed by atoms with Gasteiger partial charge in [0, 0.05) is 23.0 Å². The summed E-state index contributed by atoms with van der Waals surface area (Å²) in [6, 6.07) is 11.1. The Morgan fingerprint density at radius 2 is 2.07 bits per heavy atom. The molecule has 1 aliphatic rings. The maximum atomic E-state index is 11.6. The van der Waals surface area contributed by atoms with Crippen LogP contribution in [0.2, 0.25) is 5.02 Å². The second kappa shape index (κ2) is 8.36. The Hall–Kier alpha value is -3.32. The van der Waals surface area contributed by atoms with Gasteiger partial charge in [0.25, 0.3) is 0 Å². The Labute approximate surface area is 172 Å². The van der Waals surface area contributed by atoms with Crippen LogP contribution in [0.15, 0.2) is 42.5 Å². The SMILES string of the molecule is CCOC(=O)C=Cc1nc(NCc2ccc3c(c2)OCO3)c2cc(Cl)ccc2n1. The molecule has 0 aliphatic carbocycles. The second-order valence-electron chi connectivity index (χ2n) is 6.22. The summed E-state index contributed by atoms with van der Waals surface area (Å²) >= 11 is 6.16. The van der Waals surface area contributed by atoms with E-state index in [0.717, 1.165) is 22.4 Å². The zero-order valence-electron chi connectivity index (χ0n) is 15.6. The van der Waals surface area contributed by atoms with Crippen molar-refractivity contribution in [3.63, 3.8) is 0 Å². The summed E-state index contributed by atoms with van der Waals surface area (Å²) in [6.45, 7) is 2.80. The molecule has 1 N–H and O–H groups in total. The van der Waals surface area contributed by atoms with E-state index in [1.54, 1.807) is 19.1 Å². The zero-order chi connectivity index (χ0) is 20.2. The number of anilines is 1. The van der Waals surface area contributed by atoms with Crippen LogP contribution in [0, 0.1) is 0 Å². The molecule has 0 amide bonds. The summed E-state index contributed by atoms with van der Waals surface area (Å²) in [5.41, 5.74) is 1.72. The number of hydrogen-bond acceptors (Lipinski definition) is 7. The number of ether oxygens (including phenoxy) is 3. The first-order chi connectivity index (χ1) is 14.1. The minimum absolute atomic E-state index is 0.234. The molecule has 0 atom stereocenters. The molecule has 8 heteroatoms. The highest BCUT2D eigenvalue weighted by Gasteiger charge is 2.14. The Balaban J connectivity index is 1.62. The molecule has 2 heterocycles. The third kappa shape index (κ3) is 4.41. The molecule has 3 aromatic rings. The highest BCUT2D eigenvalue weighted by molar-refractivity contribution is 6.31. The van der Waals surface area contributed by atoms with Crippen molar-refractivity contribution in [2.24, 2.45) is 0 Å². The van der Waals surface area contributed by atoms with E-state index >= 15 is 0 Å². The van der Waals surface area contributed by atoms with Crippen molar-refractivity contribution < 1.29 is 19.0 Å². The molecular weight excluding hydrogens is 394 g/mol. The predicted octanol–water partition coefficient (Wildman–Crippen LogP) is 4.20. The summed E-state index contributed by atoms with van der Waals surface area (Å²) in [6.07, 6.45) is 2.83. The lowest BCUT2D eigenvalue weighted by atomic mass is 10.2. The van der Waals surface area contributed by atoms with E-state index in [-0.39, 0.29) is 6.79 Å². The van der Waals surface area contributed by atoms with Gasteiger partial charge in [-0.1, -0.05) is 17.7 Å². The van der Waals surface area contributed by atoms with Crippen LogP contribution in [0.5, 0.6) is 11.5 Å². The van der Waals surface area contributed by atoms with Gasteiger partial charge in [0.2, 0.25) is 6.79 Å². The quantitative estimate of drug-likeness (QED) is 0.480. The predicted molar refractivity (Wildman–Crippen MR) is 110 cm³/mol. The van der Waals surface area contributed by atoms with E-state index in [0.29, 0.717) is 35.3 Å². The first kappa shape index (κ1) is 19.0. The molecule has 0 spiro atoms. The van der Waals surface area contributed by atoms with Crippen LogP contribution in [-0.4, -0.2) is 29.3 Å². The van der Waals surface area contributed by atoms with Gasteiger partial charge in [0.1, 0.15) is 5.82 Å². The molecule has 0 fully saturated rings. The van der Waals surface area contributed by atoms with Crippen molar-refractivity contribution in [1.82, 2.24) is 9.97 Å². The van der Waals surface area contributed by atoms with E-state index < -0.39 is 5.97 Å². The zero-order valence-corrected chi connectivity index (χ0v) is 16.4. The van der Waals surface area contributed by atoms with Gasteiger partial charge in [-0.2, -0.15) is 0 Å². The highest BCUT2D eigenvalue weighted by Crippen LogP contribution is 2.33. The van der Waals surface area contributed by atoms with Crippen LogP contribution in [0.3, 0.4) is 0 Å². The normalized spacial score (nSPS) is 12.5. The van der Waals surface area contributed by atoms with Crippen molar-refractivity contribution in [1.29, 1.82) is 0 Å². The molecular formula is C21H18ClN3O4. The molecule has 7 nitrogen and oxygen atoms in total. The van der Waals surface area contributed by atoms with E-state index in [2.05, 4.69) is 15.3 Å². The standard InChI is InChI=1S/C21H18ClN3O4/c1-2-27-20(26)8-7-19-24-16-5-4-14(22)10-15(16)21(25-19)23-11-13-3-6-17-18(9-13)29-12-28-17/h3-10H,2,11-12H2,1H3,(H,23,24,25). The van der Waals surface area contributed by atoms with Crippen LogP contribution in [0.1, 0.15) is 18.3 Å². The van der Waals surface area contributed by atoms with Gasteiger partial charge >= 0.3 is 5.97 Å². The van der Waals surface area contributed by atoms with Gasteiger partial charge < -0.3 is 19.5 Å². The number of carbonyl (C=O) groups excluding carboxylic acids is 1. The van der Waals surface area contributed by atoms with Crippen molar-refractivity contribution in [3.05, 3.63) is 58.9 Å². The van der Waals surface area contributed by atoms with Gasteiger partial charge in [-0.05, 0) is 48.9 Å². The molecule has 148 valence electrons. The Kier molecular flexibility index (Phi) is 5.48. The van der Waals surface area contributed by atoms with Crippen LogP contribution in [-0.2, 0) is 16.1 Å². The van der Waals surface area contributed by atoms with Crippen LogP contribution >= 0.6 is 11.6 Å². The molecule has 1 aliphatic heterocycles. The topological polar surface area (TPSA) is 82.6 Å². The van der Waals surface area contributed by atoms with Crippen LogP contribution in [0.25, 0.3) is 17.0 Å². The monoisotopic (exact) mass is 411 g/mol. The number of nitrogens with zero attached hydrogens (tertiary/aromatic N) is 2. The van der Waals surface area contributed by atoms with Gasteiger partial charge in [-0.3, -0.25) is 0 Å². The number of rotatable bonds is 6. The summed E-state index contributed by atoms with van der Waals surface area (Å²) in [5.74, 6) is 2.01. The van der Waals surface area contributed by atoms with Crippen molar-refractivity contribution >= 4 is 40.4 Å². The molecule has 0 bridgehead atoms. The van der Waals surface area contributed by atoms with Gasteiger partial charge in [0.05, 0.1) is 12.1 Å². The number of benzene rings is 2. The fourth-order valence-electron chi connectivity index (χ4n) is 2.90. The maximum Gasteiger partial charge on any atom is 0.330 e. The number of carbonyl (C=O) groups is 1. The van der Waals surface area contributed by atoms with E-state index in [9.17, 15) is 4.79 Å². The average Bonchev–Trinajstić information content (AvgIpc) is 3.19. The molecule has 0 saturated carbocycles. The third-order valence-electron chi connectivity index (χ3n) is 4.23. The molecule has 0 unspecified atom stereocenters. The Bertz CT molecular complexity index is 1100. The number of halogens is 1. The smallest absolute Gasteiger partial charge is 0.330 e. The fourth-order valence-corrected chi connectivity index (χ4v) is 3.07. The largest absolute Gasteiger partial charge is 0.463 e. The van der Waals surface area contributed by atoms with E-state index in [1.807, 2.05) is 24.3 Å². The Morgan fingerprint density at radius 1 is 1.21 bits per heavy atom. The Morgan fingerprint density at radius 3 is 2.93 bits per heavy atom. The second-order valence-corrected chi connectivity index (χ2v) is 6.65. The van der Waals surface area contributed by atoms with Gasteiger partial charge in [-0.15, -0.1) is 0 Å². The third-order valence-corrected chi connectivity index (χ3v) is 4.46. The van der Waals surface area contributed by atoms with Gasteiger partial charge in [0.15, 0.2) is 17.3 Å². The molecule has 0 radical (unpaired) electrons. The number of esters is 1. The first-order valence-electron chi connectivity index (χ1n) is 9.07. The number of aromatic nitrogens is 2. The minimum atomic E-state index is -0.442. The van der Waals surface area contributed by atoms with Crippen molar-refractivity contribution in [3.8, 4) is 11.5 Å². The molecule has 0 saturated heterocycles.